The summed E-state index contributed by atoms with van der Waals surface area (Å²) in [5.41, 5.74) is -0.872. The lowest BCUT2D eigenvalue weighted by atomic mass is 9.82. The minimum atomic E-state index is -4.00. The third kappa shape index (κ3) is 4.14. The molecule has 0 bridgehead atoms. The number of carboxylic acid groups (broad SMARTS) is 1. The van der Waals surface area contributed by atoms with Crippen LogP contribution in [0.3, 0.4) is 0 Å². The molecular formula is C15H20O7S. The number of rotatable bonds is 6. The van der Waals surface area contributed by atoms with Crippen molar-refractivity contribution < 1.29 is 32.1 Å². The summed E-state index contributed by atoms with van der Waals surface area (Å²) >= 11 is 0. The minimum Gasteiger partial charge on any atom is -0.479 e. The van der Waals surface area contributed by atoms with Gasteiger partial charge in [-0.25, -0.2) is 4.79 Å². The van der Waals surface area contributed by atoms with Gasteiger partial charge in [-0.3, -0.25) is 13.8 Å². The van der Waals surface area contributed by atoms with E-state index in [0.29, 0.717) is 11.1 Å². The van der Waals surface area contributed by atoms with E-state index >= 15 is 0 Å². The van der Waals surface area contributed by atoms with Gasteiger partial charge < -0.3 is 5.11 Å². The summed E-state index contributed by atoms with van der Waals surface area (Å²) in [6.45, 7) is 5.71. The maximum absolute atomic E-state index is 12.3. The molecule has 0 saturated carbocycles. The second kappa shape index (κ2) is 6.37. The zero-order chi connectivity index (χ0) is 18.2. The fraction of sp³-hybridized carbons (Fsp3) is 0.533. The highest BCUT2D eigenvalue weighted by molar-refractivity contribution is 7.86. The number of carbonyl (C=O) groups is 3. The maximum Gasteiger partial charge on any atom is 0.337 e. The van der Waals surface area contributed by atoms with E-state index in [2.05, 4.69) is 4.18 Å². The summed E-state index contributed by atoms with van der Waals surface area (Å²) in [5.74, 6) is -2.05. The predicted molar refractivity (Wildman–Crippen MR) is 82.3 cm³/mol. The number of ketones is 2. The lowest BCUT2D eigenvalue weighted by Crippen LogP contribution is -2.40. The summed E-state index contributed by atoms with van der Waals surface area (Å²) in [5, 5.41) is 9.24. The molecule has 23 heavy (non-hydrogen) atoms. The van der Waals surface area contributed by atoms with Gasteiger partial charge in [0.15, 0.2) is 17.2 Å². The van der Waals surface area contributed by atoms with Crippen LogP contribution in [-0.2, 0) is 28.7 Å². The molecule has 1 N–H and O–H groups in total. The number of carbonyl (C=O) groups excluding carboxylic acids is 2. The first kappa shape index (κ1) is 19.2. The lowest BCUT2D eigenvalue weighted by molar-refractivity contribution is -0.154. The lowest BCUT2D eigenvalue weighted by Gasteiger charge is -2.25. The number of Topliss-reactive ketones (excluding diaryl/α,β-unsaturated/α-hetero) is 2. The van der Waals surface area contributed by atoms with Crippen molar-refractivity contribution in [1.82, 2.24) is 0 Å². The first-order valence-corrected chi connectivity index (χ1v) is 8.72. The Balaban J connectivity index is 3.10. The van der Waals surface area contributed by atoms with Crippen molar-refractivity contribution in [1.29, 1.82) is 0 Å². The molecule has 0 saturated heterocycles. The number of hydrogen-bond acceptors (Lipinski definition) is 6. The summed E-state index contributed by atoms with van der Waals surface area (Å²) in [7, 11) is -4.00. The van der Waals surface area contributed by atoms with Gasteiger partial charge in [0.05, 0.1) is 6.26 Å². The second-order valence-corrected chi connectivity index (χ2v) is 7.41. The third-order valence-corrected chi connectivity index (χ3v) is 4.62. The van der Waals surface area contributed by atoms with Crippen LogP contribution in [0.1, 0.15) is 40.5 Å². The highest BCUT2D eigenvalue weighted by atomic mass is 32.2. The van der Waals surface area contributed by atoms with Gasteiger partial charge in [-0.1, -0.05) is 0 Å². The van der Waals surface area contributed by atoms with Gasteiger partial charge >= 0.3 is 5.97 Å². The SMILES string of the molecule is CC1=C(C)C(=O)C(CCC(C)(OS(C)(=O)=O)C(=O)O)=C(C)C1=O. The first-order chi connectivity index (χ1) is 10.3. The van der Waals surface area contributed by atoms with Crippen LogP contribution in [0, 0.1) is 0 Å². The average Bonchev–Trinajstić information content (AvgIpc) is 2.41. The van der Waals surface area contributed by atoms with Crippen LogP contribution in [0.2, 0.25) is 0 Å². The molecule has 0 aromatic carbocycles. The van der Waals surface area contributed by atoms with Crippen molar-refractivity contribution in [2.75, 3.05) is 6.26 Å². The van der Waals surface area contributed by atoms with Crippen molar-refractivity contribution in [3.8, 4) is 0 Å². The number of carboxylic acids is 1. The summed E-state index contributed by atoms with van der Waals surface area (Å²) in [4.78, 5) is 35.7. The zero-order valence-electron chi connectivity index (χ0n) is 13.7. The molecule has 1 rings (SSSR count). The Morgan fingerprint density at radius 2 is 1.57 bits per heavy atom. The molecule has 0 amide bonds. The molecule has 1 unspecified atom stereocenters. The topological polar surface area (TPSA) is 115 Å². The second-order valence-electron chi connectivity index (χ2n) is 5.84. The Bertz CT molecular complexity index is 740. The van der Waals surface area contributed by atoms with E-state index in [1.54, 1.807) is 6.92 Å². The average molecular weight is 344 g/mol. The molecule has 1 aliphatic rings. The van der Waals surface area contributed by atoms with Crippen molar-refractivity contribution in [2.45, 2.75) is 46.1 Å². The Labute approximate surface area is 135 Å². The van der Waals surface area contributed by atoms with Crippen molar-refractivity contribution in [3.05, 3.63) is 22.3 Å². The Morgan fingerprint density at radius 1 is 1.09 bits per heavy atom. The molecule has 1 atom stereocenters. The van der Waals surface area contributed by atoms with Gasteiger partial charge in [-0.2, -0.15) is 8.42 Å². The van der Waals surface area contributed by atoms with E-state index in [-0.39, 0.29) is 35.6 Å². The number of allylic oxidation sites excluding steroid dienone is 4. The highest BCUT2D eigenvalue weighted by Gasteiger charge is 2.39. The van der Waals surface area contributed by atoms with Crippen molar-refractivity contribution in [2.24, 2.45) is 0 Å². The van der Waals surface area contributed by atoms with Crippen LogP contribution in [0.4, 0.5) is 0 Å². The standard InChI is InChI=1S/C15H20O7S/c1-8-9(2)13(17)11(10(3)12(8)16)6-7-15(4,14(18)19)22-23(5,20)21/h6-7H2,1-5H3,(H,18,19). The Kier molecular flexibility index (Phi) is 5.33. The monoisotopic (exact) mass is 344 g/mol. The van der Waals surface area contributed by atoms with E-state index in [4.69, 9.17) is 0 Å². The van der Waals surface area contributed by atoms with Gasteiger partial charge in [-0.05, 0) is 40.5 Å². The molecule has 0 fully saturated rings. The summed E-state index contributed by atoms with van der Waals surface area (Å²) in [6.07, 6.45) is 0.428. The van der Waals surface area contributed by atoms with Gasteiger partial charge in [-0.15, -0.1) is 0 Å². The zero-order valence-corrected chi connectivity index (χ0v) is 14.5. The largest absolute Gasteiger partial charge is 0.479 e. The normalized spacial score (nSPS) is 19.2. The highest BCUT2D eigenvalue weighted by Crippen LogP contribution is 2.30. The first-order valence-electron chi connectivity index (χ1n) is 6.91. The van der Waals surface area contributed by atoms with E-state index < -0.39 is 21.7 Å². The van der Waals surface area contributed by atoms with Crippen LogP contribution in [0.25, 0.3) is 0 Å². The molecule has 0 aliphatic heterocycles. The Hall–Kier alpha value is -1.80. The van der Waals surface area contributed by atoms with Crippen LogP contribution in [0.15, 0.2) is 22.3 Å². The number of hydrogen-bond donors (Lipinski definition) is 1. The van der Waals surface area contributed by atoms with Crippen molar-refractivity contribution >= 4 is 27.7 Å². The molecular weight excluding hydrogens is 324 g/mol. The molecule has 8 heteroatoms. The summed E-state index contributed by atoms with van der Waals surface area (Å²) < 4.78 is 27.2. The van der Waals surface area contributed by atoms with Crippen LogP contribution >= 0.6 is 0 Å². The van der Waals surface area contributed by atoms with Crippen molar-refractivity contribution in [3.63, 3.8) is 0 Å². The quantitative estimate of drug-likeness (QED) is 0.572. The molecule has 0 heterocycles. The molecule has 0 aromatic heterocycles. The molecule has 0 aromatic rings. The van der Waals surface area contributed by atoms with Crippen LogP contribution < -0.4 is 0 Å². The van der Waals surface area contributed by atoms with Gasteiger partial charge in [0.1, 0.15) is 0 Å². The molecule has 0 radical (unpaired) electrons. The van der Waals surface area contributed by atoms with Crippen LogP contribution in [0.5, 0.6) is 0 Å². The molecule has 7 nitrogen and oxygen atoms in total. The van der Waals surface area contributed by atoms with Gasteiger partial charge in [0.25, 0.3) is 10.1 Å². The van der Waals surface area contributed by atoms with E-state index in [0.717, 1.165) is 13.2 Å². The minimum absolute atomic E-state index is 0.0701. The third-order valence-electron chi connectivity index (χ3n) is 3.95. The number of aliphatic carboxylic acids is 1. The fourth-order valence-corrected chi connectivity index (χ4v) is 3.16. The van der Waals surface area contributed by atoms with Gasteiger partial charge in [0.2, 0.25) is 0 Å². The van der Waals surface area contributed by atoms with E-state index in [9.17, 15) is 27.9 Å². The Morgan fingerprint density at radius 3 is 2.00 bits per heavy atom. The van der Waals surface area contributed by atoms with Gasteiger partial charge in [0, 0.05) is 22.3 Å². The van der Waals surface area contributed by atoms with Crippen LogP contribution in [-0.4, -0.2) is 42.9 Å². The molecule has 128 valence electrons. The predicted octanol–water partition coefficient (Wildman–Crippen LogP) is 1.39. The fourth-order valence-electron chi connectivity index (χ4n) is 2.34. The molecule has 1 aliphatic carbocycles. The van der Waals surface area contributed by atoms with E-state index in [1.165, 1.54) is 13.8 Å². The smallest absolute Gasteiger partial charge is 0.337 e. The van der Waals surface area contributed by atoms with E-state index in [1.807, 2.05) is 0 Å². The summed E-state index contributed by atoms with van der Waals surface area (Å²) in [6, 6.07) is 0. The molecule has 0 spiro atoms. The maximum atomic E-state index is 12.3.